The Kier molecular flexibility index (Phi) is 5.33. The minimum absolute atomic E-state index is 0.0122. The third-order valence-electron chi connectivity index (χ3n) is 4.21. The summed E-state index contributed by atoms with van der Waals surface area (Å²) < 4.78 is 0. The average molecular weight is 355 g/mol. The summed E-state index contributed by atoms with van der Waals surface area (Å²) in [5.41, 5.74) is 0.897. The standard InChI is InChI=1S/C15H19BrN2O3/c1-10-5-6-11(7-14(10)18(20)21)15(19)17-9-13-4-2-3-12(13)8-16/h5-7,12-13H,2-4,8-9H2,1H3,(H,17,19). The fourth-order valence-corrected chi connectivity index (χ4v) is 3.71. The van der Waals surface area contributed by atoms with Crippen molar-refractivity contribution in [2.24, 2.45) is 11.8 Å². The number of aryl methyl sites for hydroxylation is 1. The number of rotatable bonds is 5. The number of carbonyl (C=O) groups excluding carboxylic acids is 1. The minimum atomic E-state index is -0.454. The van der Waals surface area contributed by atoms with Gasteiger partial charge in [0.1, 0.15) is 0 Å². The number of nitro groups is 1. The molecule has 6 heteroatoms. The highest BCUT2D eigenvalue weighted by atomic mass is 79.9. The predicted octanol–water partition coefficient (Wildman–Crippen LogP) is 3.44. The van der Waals surface area contributed by atoms with Crippen LogP contribution in [-0.4, -0.2) is 22.7 Å². The molecule has 1 saturated carbocycles. The Labute approximate surface area is 132 Å². The Hall–Kier alpha value is -1.43. The molecule has 0 aromatic heterocycles. The van der Waals surface area contributed by atoms with Crippen molar-refractivity contribution in [2.75, 3.05) is 11.9 Å². The van der Waals surface area contributed by atoms with Crippen molar-refractivity contribution in [2.45, 2.75) is 26.2 Å². The second-order valence-electron chi connectivity index (χ2n) is 5.57. The maximum atomic E-state index is 12.1. The van der Waals surface area contributed by atoms with E-state index in [0.29, 0.717) is 29.5 Å². The molecule has 0 heterocycles. The summed E-state index contributed by atoms with van der Waals surface area (Å²) in [6.45, 7) is 2.30. The first-order valence-electron chi connectivity index (χ1n) is 7.12. The van der Waals surface area contributed by atoms with E-state index in [-0.39, 0.29) is 11.6 Å². The van der Waals surface area contributed by atoms with E-state index in [2.05, 4.69) is 21.2 Å². The molecule has 2 rings (SSSR count). The zero-order valence-electron chi connectivity index (χ0n) is 12.0. The van der Waals surface area contributed by atoms with E-state index in [4.69, 9.17) is 0 Å². The zero-order valence-corrected chi connectivity index (χ0v) is 13.6. The molecule has 114 valence electrons. The van der Waals surface area contributed by atoms with Crippen molar-refractivity contribution < 1.29 is 9.72 Å². The molecule has 1 N–H and O–H groups in total. The number of nitrogens with one attached hydrogen (secondary N) is 1. The fourth-order valence-electron chi connectivity index (χ4n) is 2.86. The number of amides is 1. The third kappa shape index (κ3) is 3.81. The van der Waals surface area contributed by atoms with Gasteiger partial charge < -0.3 is 5.32 Å². The van der Waals surface area contributed by atoms with Gasteiger partial charge in [0.2, 0.25) is 0 Å². The van der Waals surface area contributed by atoms with Crippen molar-refractivity contribution >= 4 is 27.5 Å². The van der Waals surface area contributed by atoms with Crippen LogP contribution in [0.4, 0.5) is 5.69 Å². The van der Waals surface area contributed by atoms with Gasteiger partial charge in [-0.1, -0.05) is 28.4 Å². The van der Waals surface area contributed by atoms with Crippen LogP contribution < -0.4 is 5.32 Å². The van der Waals surface area contributed by atoms with Crippen LogP contribution in [0.15, 0.2) is 18.2 Å². The topological polar surface area (TPSA) is 72.2 Å². The van der Waals surface area contributed by atoms with Crippen molar-refractivity contribution in [3.8, 4) is 0 Å². The van der Waals surface area contributed by atoms with Crippen LogP contribution in [-0.2, 0) is 0 Å². The van der Waals surface area contributed by atoms with Crippen LogP contribution in [0.1, 0.15) is 35.2 Å². The molecular formula is C15H19BrN2O3. The van der Waals surface area contributed by atoms with Crippen LogP contribution in [0.3, 0.4) is 0 Å². The second kappa shape index (κ2) is 7.02. The molecule has 0 spiro atoms. The molecule has 1 aromatic carbocycles. The first-order valence-corrected chi connectivity index (χ1v) is 8.24. The molecule has 0 radical (unpaired) electrons. The Morgan fingerprint density at radius 1 is 1.43 bits per heavy atom. The Balaban J connectivity index is 2.00. The molecule has 1 amide bonds. The highest BCUT2D eigenvalue weighted by Gasteiger charge is 2.26. The highest BCUT2D eigenvalue weighted by Crippen LogP contribution is 2.32. The van der Waals surface area contributed by atoms with Gasteiger partial charge in [-0.25, -0.2) is 0 Å². The number of hydrogen-bond donors (Lipinski definition) is 1. The quantitative estimate of drug-likeness (QED) is 0.500. The molecule has 5 nitrogen and oxygen atoms in total. The van der Waals surface area contributed by atoms with E-state index in [1.807, 2.05) is 0 Å². The normalized spacial score (nSPS) is 21.2. The summed E-state index contributed by atoms with van der Waals surface area (Å²) in [7, 11) is 0. The Morgan fingerprint density at radius 2 is 2.14 bits per heavy atom. The van der Waals surface area contributed by atoms with E-state index in [9.17, 15) is 14.9 Å². The van der Waals surface area contributed by atoms with Gasteiger partial charge in [0, 0.05) is 29.1 Å². The van der Waals surface area contributed by atoms with E-state index in [0.717, 1.165) is 11.8 Å². The SMILES string of the molecule is Cc1ccc(C(=O)NCC2CCCC2CBr)cc1[N+](=O)[O-]. The molecule has 0 saturated heterocycles. The summed E-state index contributed by atoms with van der Waals surface area (Å²) >= 11 is 3.51. The first-order chi connectivity index (χ1) is 10.0. The van der Waals surface area contributed by atoms with Crippen LogP contribution >= 0.6 is 15.9 Å². The lowest BCUT2D eigenvalue weighted by Gasteiger charge is -2.17. The minimum Gasteiger partial charge on any atom is -0.352 e. The molecule has 21 heavy (non-hydrogen) atoms. The Morgan fingerprint density at radius 3 is 2.81 bits per heavy atom. The predicted molar refractivity (Wildman–Crippen MR) is 84.8 cm³/mol. The number of carbonyl (C=O) groups is 1. The van der Waals surface area contributed by atoms with Crippen LogP contribution in [0.2, 0.25) is 0 Å². The number of nitro benzene ring substituents is 1. The Bertz CT molecular complexity index is 548. The van der Waals surface area contributed by atoms with Crippen LogP contribution in [0, 0.1) is 28.9 Å². The smallest absolute Gasteiger partial charge is 0.273 e. The van der Waals surface area contributed by atoms with Gasteiger partial charge in [-0.15, -0.1) is 0 Å². The lowest BCUT2D eigenvalue weighted by atomic mass is 9.98. The van der Waals surface area contributed by atoms with Gasteiger partial charge in [0.05, 0.1) is 4.92 Å². The number of halogens is 1. The monoisotopic (exact) mass is 354 g/mol. The number of nitrogens with zero attached hydrogens (tertiary/aromatic N) is 1. The van der Waals surface area contributed by atoms with Crippen molar-refractivity contribution in [1.29, 1.82) is 0 Å². The molecule has 1 aliphatic carbocycles. The van der Waals surface area contributed by atoms with Gasteiger partial charge in [0.25, 0.3) is 11.6 Å². The molecule has 0 bridgehead atoms. The lowest BCUT2D eigenvalue weighted by Crippen LogP contribution is -2.31. The fraction of sp³-hybridized carbons (Fsp3) is 0.533. The van der Waals surface area contributed by atoms with Crippen molar-refractivity contribution in [1.82, 2.24) is 5.32 Å². The van der Waals surface area contributed by atoms with Crippen LogP contribution in [0.5, 0.6) is 0 Å². The maximum absolute atomic E-state index is 12.1. The molecule has 2 atom stereocenters. The summed E-state index contributed by atoms with van der Waals surface area (Å²) in [6.07, 6.45) is 3.53. The average Bonchev–Trinajstić information content (AvgIpc) is 2.92. The summed E-state index contributed by atoms with van der Waals surface area (Å²) in [6, 6.07) is 4.60. The largest absolute Gasteiger partial charge is 0.352 e. The number of hydrogen-bond acceptors (Lipinski definition) is 3. The molecule has 1 aliphatic rings. The van der Waals surface area contributed by atoms with Gasteiger partial charge >= 0.3 is 0 Å². The van der Waals surface area contributed by atoms with Crippen molar-refractivity contribution in [3.05, 3.63) is 39.4 Å². The van der Waals surface area contributed by atoms with Gasteiger partial charge in [-0.05, 0) is 37.7 Å². The maximum Gasteiger partial charge on any atom is 0.273 e. The van der Waals surface area contributed by atoms with E-state index < -0.39 is 4.92 Å². The second-order valence-corrected chi connectivity index (χ2v) is 6.22. The van der Waals surface area contributed by atoms with Gasteiger partial charge in [0.15, 0.2) is 0 Å². The summed E-state index contributed by atoms with van der Waals surface area (Å²) in [5.74, 6) is 0.865. The number of benzene rings is 1. The molecule has 1 aromatic rings. The van der Waals surface area contributed by atoms with Crippen LogP contribution in [0.25, 0.3) is 0 Å². The molecule has 1 fully saturated rings. The summed E-state index contributed by atoms with van der Waals surface area (Å²) in [4.78, 5) is 22.6. The molecule has 0 aliphatic heterocycles. The van der Waals surface area contributed by atoms with Gasteiger partial charge in [-0.3, -0.25) is 14.9 Å². The van der Waals surface area contributed by atoms with Gasteiger partial charge in [-0.2, -0.15) is 0 Å². The lowest BCUT2D eigenvalue weighted by molar-refractivity contribution is -0.385. The zero-order chi connectivity index (χ0) is 15.4. The third-order valence-corrected chi connectivity index (χ3v) is 5.04. The number of alkyl halides is 1. The first kappa shape index (κ1) is 15.9. The molecule has 2 unspecified atom stereocenters. The van der Waals surface area contributed by atoms with E-state index in [1.54, 1.807) is 19.1 Å². The summed E-state index contributed by atoms with van der Waals surface area (Å²) in [5, 5.41) is 14.8. The molecular weight excluding hydrogens is 336 g/mol. The van der Waals surface area contributed by atoms with E-state index in [1.165, 1.54) is 18.9 Å². The van der Waals surface area contributed by atoms with E-state index >= 15 is 0 Å². The highest BCUT2D eigenvalue weighted by molar-refractivity contribution is 9.09. The van der Waals surface area contributed by atoms with Crippen molar-refractivity contribution in [3.63, 3.8) is 0 Å².